The van der Waals surface area contributed by atoms with Crippen LogP contribution in [0.4, 0.5) is 0 Å². The number of thioether (sulfide) groups is 1. The van der Waals surface area contributed by atoms with Crippen LogP contribution in [0.15, 0.2) is 18.2 Å². The van der Waals surface area contributed by atoms with Gasteiger partial charge in [0.2, 0.25) is 0 Å². The summed E-state index contributed by atoms with van der Waals surface area (Å²) in [7, 11) is 0. The Morgan fingerprint density at radius 2 is 2.18 bits per heavy atom. The highest BCUT2D eigenvalue weighted by Gasteiger charge is 2.13. The lowest BCUT2D eigenvalue weighted by atomic mass is 10.2. The highest BCUT2D eigenvalue weighted by molar-refractivity contribution is 7.99. The molecule has 4 heteroatoms. The van der Waals surface area contributed by atoms with E-state index in [1.807, 2.05) is 18.2 Å². The van der Waals surface area contributed by atoms with Crippen molar-refractivity contribution >= 4 is 35.0 Å². The average Bonchev–Trinajstić information content (AvgIpc) is 2.35. The van der Waals surface area contributed by atoms with Crippen LogP contribution in [0.5, 0.6) is 0 Å². The monoisotopic (exact) mass is 289 g/mol. The number of hydrogen-bond acceptors (Lipinski definition) is 2. The lowest BCUT2D eigenvalue weighted by Crippen LogP contribution is -2.26. The van der Waals surface area contributed by atoms with Crippen molar-refractivity contribution in [2.75, 3.05) is 12.3 Å². The summed E-state index contributed by atoms with van der Waals surface area (Å²) in [5.74, 6) is 1.31. The first-order valence-corrected chi connectivity index (χ1v) is 7.82. The van der Waals surface area contributed by atoms with Crippen molar-refractivity contribution in [1.82, 2.24) is 5.32 Å². The summed E-state index contributed by atoms with van der Waals surface area (Å²) < 4.78 is 0. The third-order valence-electron chi connectivity index (χ3n) is 2.97. The van der Waals surface area contributed by atoms with E-state index in [1.165, 1.54) is 25.0 Å². The van der Waals surface area contributed by atoms with Gasteiger partial charge in [-0.2, -0.15) is 11.8 Å². The van der Waals surface area contributed by atoms with Gasteiger partial charge in [-0.1, -0.05) is 29.6 Å². The molecular weight excluding hydrogens is 273 g/mol. The Bertz CT molecular complexity index is 364. The lowest BCUT2D eigenvalue weighted by molar-refractivity contribution is 0.598. The van der Waals surface area contributed by atoms with Gasteiger partial charge in [0.1, 0.15) is 0 Å². The maximum Gasteiger partial charge on any atom is 0.0451 e. The van der Waals surface area contributed by atoms with E-state index in [0.29, 0.717) is 0 Å². The second kappa shape index (κ2) is 6.89. The Kier molecular flexibility index (Phi) is 5.49. The smallest absolute Gasteiger partial charge is 0.0451 e. The van der Waals surface area contributed by atoms with E-state index >= 15 is 0 Å². The largest absolute Gasteiger partial charge is 0.312 e. The first-order valence-electron chi connectivity index (χ1n) is 6.02. The van der Waals surface area contributed by atoms with Crippen LogP contribution < -0.4 is 5.32 Å². The Labute approximate surface area is 117 Å². The Morgan fingerprint density at radius 3 is 2.94 bits per heavy atom. The van der Waals surface area contributed by atoms with Crippen molar-refractivity contribution < 1.29 is 0 Å². The maximum absolute atomic E-state index is 6.11. The summed E-state index contributed by atoms with van der Waals surface area (Å²) in [6.45, 7) is 1.87. The highest BCUT2D eigenvalue weighted by atomic mass is 35.5. The molecule has 17 heavy (non-hydrogen) atoms. The van der Waals surface area contributed by atoms with Gasteiger partial charge in [-0.3, -0.25) is 0 Å². The van der Waals surface area contributed by atoms with Crippen LogP contribution in [0, 0.1) is 0 Å². The minimum absolute atomic E-state index is 0.748. The van der Waals surface area contributed by atoms with Gasteiger partial charge in [-0.25, -0.2) is 0 Å². The molecule has 1 atom stereocenters. The molecule has 1 N–H and O–H groups in total. The summed E-state index contributed by atoms with van der Waals surface area (Å²) in [5, 5.41) is 5.78. The number of nitrogens with one attached hydrogen (secondary N) is 1. The molecule has 0 aromatic heterocycles. The molecule has 94 valence electrons. The van der Waals surface area contributed by atoms with Gasteiger partial charge in [0.25, 0.3) is 0 Å². The fourth-order valence-electron chi connectivity index (χ4n) is 2.01. The van der Waals surface area contributed by atoms with Gasteiger partial charge >= 0.3 is 0 Å². The fourth-order valence-corrected chi connectivity index (χ4v) is 3.67. The van der Waals surface area contributed by atoms with Crippen molar-refractivity contribution in [1.29, 1.82) is 0 Å². The minimum Gasteiger partial charge on any atom is -0.312 e. The van der Waals surface area contributed by atoms with E-state index < -0.39 is 0 Å². The van der Waals surface area contributed by atoms with E-state index in [0.717, 1.165) is 33.9 Å². The molecule has 2 rings (SSSR count). The second-order valence-electron chi connectivity index (χ2n) is 4.36. The molecule has 1 aliphatic heterocycles. The fraction of sp³-hybridized carbons (Fsp3) is 0.538. The zero-order chi connectivity index (χ0) is 12.1. The van der Waals surface area contributed by atoms with E-state index in [2.05, 4.69) is 17.1 Å². The zero-order valence-corrected chi connectivity index (χ0v) is 12.0. The molecule has 1 aromatic carbocycles. The van der Waals surface area contributed by atoms with Gasteiger partial charge < -0.3 is 5.32 Å². The predicted molar refractivity (Wildman–Crippen MR) is 78.3 cm³/mol. The normalized spacial score (nSPS) is 20.5. The molecule has 0 saturated carbocycles. The number of hydrogen-bond donors (Lipinski definition) is 1. The third kappa shape index (κ3) is 4.36. The standard InChI is InChI=1S/C13H17Cl2NS/c14-11-4-5-13(15)10(7-11)8-16-9-12-3-1-2-6-17-12/h4-5,7,12,16H,1-3,6,8-9H2. The SMILES string of the molecule is Clc1ccc(Cl)c(CNCC2CCCCS2)c1. The third-order valence-corrected chi connectivity index (χ3v) is 4.97. The molecule has 0 bridgehead atoms. The molecule has 1 heterocycles. The van der Waals surface area contributed by atoms with Gasteiger partial charge in [0.05, 0.1) is 0 Å². The molecule has 0 radical (unpaired) electrons. The van der Waals surface area contributed by atoms with Crippen LogP contribution in [0.1, 0.15) is 24.8 Å². The van der Waals surface area contributed by atoms with Gasteiger partial charge in [0, 0.05) is 28.4 Å². The first kappa shape index (κ1) is 13.5. The summed E-state index contributed by atoms with van der Waals surface area (Å²) in [6.07, 6.45) is 4.08. The zero-order valence-electron chi connectivity index (χ0n) is 9.72. The van der Waals surface area contributed by atoms with Gasteiger partial charge in [-0.15, -0.1) is 0 Å². The molecular formula is C13H17Cl2NS. The predicted octanol–water partition coefficient (Wildman–Crippen LogP) is 4.37. The van der Waals surface area contributed by atoms with Crippen molar-refractivity contribution in [3.05, 3.63) is 33.8 Å². The topological polar surface area (TPSA) is 12.0 Å². The van der Waals surface area contributed by atoms with Gasteiger partial charge in [-0.05, 0) is 42.4 Å². The minimum atomic E-state index is 0.748. The van der Waals surface area contributed by atoms with E-state index in [1.54, 1.807) is 0 Å². The van der Waals surface area contributed by atoms with Crippen LogP contribution in [0.25, 0.3) is 0 Å². The lowest BCUT2D eigenvalue weighted by Gasteiger charge is -2.21. The van der Waals surface area contributed by atoms with Crippen molar-refractivity contribution in [3.63, 3.8) is 0 Å². The molecule has 1 aromatic rings. The van der Waals surface area contributed by atoms with Crippen LogP contribution in [0.3, 0.4) is 0 Å². The Morgan fingerprint density at radius 1 is 1.29 bits per heavy atom. The molecule has 1 unspecified atom stereocenters. The first-order chi connectivity index (χ1) is 8.25. The molecule has 1 saturated heterocycles. The molecule has 0 aliphatic carbocycles. The maximum atomic E-state index is 6.11. The second-order valence-corrected chi connectivity index (χ2v) is 6.61. The Hall–Kier alpha value is 0.110. The summed E-state index contributed by atoms with van der Waals surface area (Å²) in [5.41, 5.74) is 1.08. The van der Waals surface area contributed by atoms with E-state index in [4.69, 9.17) is 23.2 Å². The summed E-state index contributed by atoms with van der Waals surface area (Å²) >= 11 is 14.2. The van der Waals surface area contributed by atoms with Gasteiger partial charge in [0.15, 0.2) is 0 Å². The van der Waals surface area contributed by atoms with Crippen LogP contribution in [-0.4, -0.2) is 17.5 Å². The molecule has 1 nitrogen and oxygen atoms in total. The van der Waals surface area contributed by atoms with Crippen LogP contribution in [0.2, 0.25) is 10.0 Å². The van der Waals surface area contributed by atoms with E-state index in [-0.39, 0.29) is 0 Å². The highest BCUT2D eigenvalue weighted by Crippen LogP contribution is 2.25. The number of rotatable bonds is 4. The Balaban J connectivity index is 1.79. The quantitative estimate of drug-likeness (QED) is 0.883. The van der Waals surface area contributed by atoms with Crippen LogP contribution >= 0.6 is 35.0 Å². The molecule has 1 fully saturated rings. The van der Waals surface area contributed by atoms with Crippen molar-refractivity contribution in [2.45, 2.75) is 31.1 Å². The molecule has 0 amide bonds. The van der Waals surface area contributed by atoms with Crippen molar-refractivity contribution in [2.24, 2.45) is 0 Å². The van der Waals surface area contributed by atoms with E-state index in [9.17, 15) is 0 Å². The van der Waals surface area contributed by atoms with Crippen molar-refractivity contribution in [3.8, 4) is 0 Å². The average molecular weight is 290 g/mol. The number of halogens is 2. The summed E-state index contributed by atoms with van der Waals surface area (Å²) in [6, 6.07) is 5.62. The molecule has 0 spiro atoms. The number of benzene rings is 1. The van der Waals surface area contributed by atoms with Crippen LogP contribution in [-0.2, 0) is 6.54 Å². The summed E-state index contributed by atoms with van der Waals surface area (Å²) in [4.78, 5) is 0. The molecule has 1 aliphatic rings.